The molecule has 5 nitrogen and oxygen atoms in total. The number of hydrogen-bond donors (Lipinski definition) is 2. The molecular formula is C12H12Cl2N4O. The maximum Gasteiger partial charge on any atom is 0.229 e. The number of ether oxygens (including phenoxy) is 1. The molecule has 0 radical (unpaired) electrons. The second-order valence-corrected chi connectivity index (χ2v) is 4.43. The third-order valence-electron chi connectivity index (χ3n) is 2.40. The molecule has 0 saturated carbocycles. The quantitative estimate of drug-likeness (QED) is 0.903. The number of anilines is 3. The fourth-order valence-electron chi connectivity index (χ4n) is 1.45. The molecule has 1 heterocycles. The van der Waals surface area contributed by atoms with Gasteiger partial charge in [-0.05, 0) is 12.1 Å². The van der Waals surface area contributed by atoms with Crippen LogP contribution in [0, 0.1) is 0 Å². The van der Waals surface area contributed by atoms with Gasteiger partial charge in [0.05, 0.1) is 24.0 Å². The minimum atomic E-state index is 0.393. The highest BCUT2D eigenvalue weighted by atomic mass is 35.5. The van der Waals surface area contributed by atoms with E-state index in [1.165, 1.54) is 6.20 Å². The summed E-state index contributed by atoms with van der Waals surface area (Å²) in [6, 6.07) is 5.27. The van der Waals surface area contributed by atoms with E-state index in [9.17, 15) is 0 Å². The number of nitrogens with zero attached hydrogens (tertiary/aromatic N) is 2. The number of methoxy groups -OCH3 is 1. The Labute approximate surface area is 120 Å². The van der Waals surface area contributed by atoms with E-state index in [1.807, 2.05) is 0 Å². The maximum absolute atomic E-state index is 6.09. The predicted molar refractivity (Wildman–Crippen MR) is 77.9 cm³/mol. The zero-order valence-electron chi connectivity index (χ0n) is 10.4. The van der Waals surface area contributed by atoms with Gasteiger partial charge in [0.1, 0.15) is 16.6 Å². The second-order valence-electron chi connectivity index (χ2n) is 3.61. The van der Waals surface area contributed by atoms with Gasteiger partial charge in [0.2, 0.25) is 5.95 Å². The number of halogens is 2. The molecule has 0 aliphatic carbocycles. The zero-order valence-corrected chi connectivity index (χ0v) is 11.9. The predicted octanol–water partition coefficient (Wildman–Crippen LogP) is 3.58. The van der Waals surface area contributed by atoms with Gasteiger partial charge < -0.3 is 15.4 Å². The summed E-state index contributed by atoms with van der Waals surface area (Å²) in [6.07, 6.45) is 1.51. The fourth-order valence-corrected chi connectivity index (χ4v) is 1.80. The Morgan fingerprint density at radius 3 is 2.68 bits per heavy atom. The molecule has 1 aromatic heterocycles. The van der Waals surface area contributed by atoms with Crippen LogP contribution in [0.3, 0.4) is 0 Å². The minimum Gasteiger partial charge on any atom is -0.497 e. The van der Waals surface area contributed by atoms with Crippen molar-refractivity contribution < 1.29 is 4.74 Å². The Kier molecular flexibility index (Phi) is 4.29. The SMILES string of the molecule is CNc1nc(Nc2cc(OC)ccc2Cl)ncc1Cl. The van der Waals surface area contributed by atoms with E-state index in [2.05, 4.69) is 20.6 Å². The van der Waals surface area contributed by atoms with Crippen molar-refractivity contribution in [2.24, 2.45) is 0 Å². The van der Waals surface area contributed by atoms with Gasteiger partial charge in [0, 0.05) is 13.1 Å². The van der Waals surface area contributed by atoms with Gasteiger partial charge in [0.15, 0.2) is 0 Å². The van der Waals surface area contributed by atoms with Crippen LogP contribution < -0.4 is 15.4 Å². The maximum atomic E-state index is 6.09. The van der Waals surface area contributed by atoms with E-state index in [0.717, 1.165) is 0 Å². The molecule has 0 unspecified atom stereocenters. The van der Waals surface area contributed by atoms with E-state index < -0.39 is 0 Å². The zero-order chi connectivity index (χ0) is 13.8. The lowest BCUT2D eigenvalue weighted by Gasteiger charge is -2.10. The largest absolute Gasteiger partial charge is 0.497 e. The first-order chi connectivity index (χ1) is 9.13. The normalized spacial score (nSPS) is 10.1. The van der Waals surface area contributed by atoms with Gasteiger partial charge in [0.25, 0.3) is 0 Å². The molecule has 0 bridgehead atoms. The number of benzene rings is 1. The molecule has 0 spiro atoms. The number of rotatable bonds is 4. The van der Waals surface area contributed by atoms with Crippen molar-refractivity contribution in [3.05, 3.63) is 34.4 Å². The van der Waals surface area contributed by atoms with E-state index >= 15 is 0 Å². The van der Waals surface area contributed by atoms with Crippen molar-refractivity contribution in [2.45, 2.75) is 0 Å². The Morgan fingerprint density at radius 2 is 2.00 bits per heavy atom. The van der Waals surface area contributed by atoms with Crippen LogP contribution in [-0.2, 0) is 0 Å². The fraction of sp³-hybridized carbons (Fsp3) is 0.167. The van der Waals surface area contributed by atoms with Crippen molar-refractivity contribution in [2.75, 3.05) is 24.8 Å². The molecule has 100 valence electrons. The Balaban J connectivity index is 2.30. The average Bonchev–Trinajstić information content (AvgIpc) is 2.43. The second kappa shape index (κ2) is 5.95. The summed E-state index contributed by atoms with van der Waals surface area (Å²) < 4.78 is 5.14. The van der Waals surface area contributed by atoms with Crippen molar-refractivity contribution in [3.63, 3.8) is 0 Å². The topological polar surface area (TPSA) is 59.1 Å². The summed E-state index contributed by atoms with van der Waals surface area (Å²) in [6.45, 7) is 0. The Morgan fingerprint density at radius 1 is 1.21 bits per heavy atom. The van der Waals surface area contributed by atoms with Gasteiger partial charge in [-0.15, -0.1) is 0 Å². The number of aromatic nitrogens is 2. The molecule has 2 N–H and O–H groups in total. The van der Waals surface area contributed by atoms with Gasteiger partial charge in [-0.2, -0.15) is 4.98 Å². The lowest BCUT2D eigenvalue weighted by Crippen LogP contribution is -2.01. The summed E-state index contributed by atoms with van der Waals surface area (Å²) in [5.41, 5.74) is 0.658. The van der Waals surface area contributed by atoms with Crippen LogP contribution in [0.1, 0.15) is 0 Å². The van der Waals surface area contributed by atoms with Crippen molar-refractivity contribution in [1.29, 1.82) is 0 Å². The van der Waals surface area contributed by atoms with E-state index in [4.69, 9.17) is 27.9 Å². The third kappa shape index (κ3) is 3.19. The summed E-state index contributed by atoms with van der Waals surface area (Å²) >= 11 is 12.0. The van der Waals surface area contributed by atoms with Crippen LogP contribution in [0.5, 0.6) is 5.75 Å². The van der Waals surface area contributed by atoms with E-state index in [-0.39, 0.29) is 0 Å². The highest BCUT2D eigenvalue weighted by molar-refractivity contribution is 6.33. The standard InChI is InChI=1S/C12H12Cl2N4O/c1-15-11-9(14)6-16-12(18-11)17-10-5-7(19-2)3-4-8(10)13/h3-6H,1-2H3,(H2,15,16,17,18). The average molecular weight is 299 g/mol. The molecular weight excluding hydrogens is 287 g/mol. The van der Waals surface area contributed by atoms with Crippen LogP contribution in [0.2, 0.25) is 10.0 Å². The van der Waals surface area contributed by atoms with Gasteiger partial charge in [-0.1, -0.05) is 23.2 Å². The first-order valence-electron chi connectivity index (χ1n) is 5.45. The molecule has 2 rings (SSSR count). The number of nitrogens with one attached hydrogen (secondary N) is 2. The molecule has 2 aromatic rings. The van der Waals surface area contributed by atoms with Crippen LogP contribution >= 0.6 is 23.2 Å². The van der Waals surface area contributed by atoms with Gasteiger partial charge in [-0.3, -0.25) is 0 Å². The lowest BCUT2D eigenvalue weighted by atomic mass is 10.3. The molecule has 0 aliphatic heterocycles. The summed E-state index contributed by atoms with van der Waals surface area (Å²) in [7, 11) is 3.32. The molecule has 1 aromatic carbocycles. The van der Waals surface area contributed by atoms with Crippen molar-refractivity contribution in [3.8, 4) is 5.75 Å². The highest BCUT2D eigenvalue weighted by Crippen LogP contribution is 2.29. The van der Waals surface area contributed by atoms with Crippen molar-refractivity contribution in [1.82, 2.24) is 9.97 Å². The van der Waals surface area contributed by atoms with E-state index in [0.29, 0.717) is 33.2 Å². The van der Waals surface area contributed by atoms with Gasteiger partial charge in [-0.25, -0.2) is 4.98 Å². The Bertz CT molecular complexity index is 592. The summed E-state index contributed by atoms with van der Waals surface area (Å²) in [4.78, 5) is 8.30. The molecule has 0 aliphatic rings. The molecule has 0 amide bonds. The lowest BCUT2D eigenvalue weighted by molar-refractivity contribution is 0.415. The van der Waals surface area contributed by atoms with Gasteiger partial charge >= 0.3 is 0 Å². The molecule has 0 saturated heterocycles. The first-order valence-corrected chi connectivity index (χ1v) is 6.20. The minimum absolute atomic E-state index is 0.393. The molecule has 19 heavy (non-hydrogen) atoms. The first kappa shape index (κ1) is 13.7. The summed E-state index contributed by atoms with van der Waals surface area (Å²) in [5.74, 6) is 1.62. The monoisotopic (exact) mass is 298 g/mol. The van der Waals surface area contributed by atoms with E-state index in [1.54, 1.807) is 32.4 Å². The third-order valence-corrected chi connectivity index (χ3v) is 3.01. The smallest absolute Gasteiger partial charge is 0.229 e. The molecule has 7 heteroatoms. The van der Waals surface area contributed by atoms with Crippen molar-refractivity contribution >= 4 is 40.7 Å². The van der Waals surface area contributed by atoms with Crippen LogP contribution in [0.4, 0.5) is 17.5 Å². The number of hydrogen-bond acceptors (Lipinski definition) is 5. The molecule has 0 fully saturated rings. The molecule has 0 atom stereocenters. The summed E-state index contributed by atoms with van der Waals surface area (Å²) in [5, 5.41) is 6.89. The van der Waals surface area contributed by atoms with Crippen LogP contribution in [0.15, 0.2) is 24.4 Å². The highest BCUT2D eigenvalue weighted by Gasteiger charge is 2.07. The van der Waals surface area contributed by atoms with Crippen LogP contribution in [0.25, 0.3) is 0 Å². The Hall–Kier alpha value is -1.72. The van der Waals surface area contributed by atoms with Crippen LogP contribution in [-0.4, -0.2) is 24.1 Å².